The Morgan fingerprint density at radius 1 is 1.17 bits per heavy atom. The molecule has 1 saturated heterocycles. The van der Waals surface area contributed by atoms with Crippen molar-refractivity contribution in [1.82, 2.24) is 5.32 Å². The van der Waals surface area contributed by atoms with E-state index in [1.54, 1.807) is 36.4 Å². The van der Waals surface area contributed by atoms with Crippen LogP contribution in [0.25, 0.3) is 11.1 Å². The van der Waals surface area contributed by atoms with Crippen molar-refractivity contribution in [2.75, 3.05) is 13.7 Å². The zero-order chi connectivity index (χ0) is 26.3. The average Bonchev–Trinajstić information content (AvgIpc) is 2.83. The minimum absolute atomic E-state index is 0.138. The number of halogens is 1. The molecular weight excluding hydrogens is 465 g/mol. The molecule has 0 unspecified atom stereocenters. The number of carbonyl (C=O) groups is 1. The summed E-state index contributed by atoms with van der Waals surface area (Å²) in [6.07, 6.45) is -0.228. The molecule has 7 nitrogen and oxygen atoms in total. The van der Waals surface area contributed by atoms with Crippen molar-refractivity contribution < 1.29 is 33.6 Å². The Balaban J connectivity index is 1.95. The lowest BCUT2D eigenvalue weighted by molar-refractivity contribution is -0.314. The monoisotopic (exact) mass is 499 g/mol. The Bertz CT molecular complexity index is 1060. The maximum absolute atomic E-state index is 14.0. The molecule has 0 aromatic heterocycles. The molecule has 3 rings (SSSR count). The first-order valence-corrected chi connectivity index (χ1v) is 11.8. The summed E-state index contributed by atoms with van der Waals surface area (Å²) in [5, 5.41) is 24.4. The van der Waals surface area contributed by atoms with Crippen LogP contribution < -0.4 is 10.1 Å². The summed E-state index contributed by atoms with van der Waals surface area (Å²) in [6, 6.07) is 11.4. The van der Waals surface area contributed by atoms with E-state index >= 15 is 0 Å². The standard InChI is InChI=1S/C28H34FNO6/c1-5-13-28(14-6-2)26(34-4)24(32)25(33)27(36-28)35-22-11-10-19(12-15-30-18(3)31)23(17-22)20-8-7-9-21(29)16-20/h5-11,16-17,24-27,32-33H,1-2,12-15H2,3-4H3,(H,30,31)/t24-,25+,26+,27+/m0/s1. The van der Waals surface area contributed by atoms with Crippen LogP contribution in [-0.4, -0.2) is 60.0 Å². The normalized spacial score (nSPS) is 23.0. The third kappa shape index (κ3) is 6.20. The number of carbonyl (C=O) groups excluding carboxylic acids is 1. The van der Waals surface area contributed by atoms with Crippen LogP contribution in [-0.2, 0) is 20.7 Å². The number of amides is 1. The van der Waals surface area contributed by atoms with E-state index in [-0.39, 0.29) is 11.7 Å². The van der Waals surface area contributed by atoms with Crippen molar-refractivity contribution >= 4 is 5.91 Å². The second-order valence-corrected chi connectivity index (χ2v) is 8.85. The van der Waals surface area contributed by atoms with Crippen molar-refractivity contribution in [1.29, 1.82) is 0 Å². The van der Waals surface area contributed by atoms with Crippen molar-refractivity contribution in [2.45, 2.75) is 56.4 Å². The van der Waals surface area contributed by atoms with Gasteiger partial charge in [-0.1, -0.05) is 30.4 Å². The first kappa shape index (κ1) is 27.5. The van der Waals surface area contributed by atoms with Gasteiger partial charge in [0, 0.05) is 20.6 Å². The van der Waals surface area contributed by atoms with Crippen molar-refractivity contribution in [3.63, 3.8) is 0 Å². The maximum atomic E-state index is 14.0. The van der Waals surface area contributed by atoms with Gasteiger partial charge in [-0.25, -0.2) is 4.39 Å². The predicted molar refractivity (Wildman–Crippen MR) is 135 cm³/mol. The molecule has 1 aliphatic heterocycles. The number of aliphatic hydroxyl groups excluding tert-OH is 2. The van der Waals surface area contributed by atoms with Gasteiger partial charge in [-0.2, -0.15) is 0 Å². The number of methoxy groups -OCH3 is 1. The molecule has 194 valence electrons. The van der Waals surface area contributed by atoms with E-state index < -0.39 is 30.2 Å². The van der Waals surface area contributed by atoms with Crippen LogP contribution in [0.2, 0.25) is 0 Å². The number of hydrogen-bond acceptors (Lipinski definition) is 6. The average molecular weight is 500 g/mol. The van der Waals surface area contributed by atoms with Crippen molar-refractivity contribution in [3.8, 4) is 16.9 Å². The summed E-state index contributed by atoms with van der Waals surface area (Å²) < 4.78 is 31.8. The molecule has 4 atom stereocenters. The Kier molecular flexibility index (Phi) is 9.39. The number of aliphatic hydroxyl groups is 2. The number of ether oxygens (including phenoxy) is 3. The van der Waals surface area contributed by atoms with E-state index in [9.17, 15) is 19.4 Å². The Morgan fingerprint density at radius 3 is 2.50 bits per heavy atom. The first-order valence-electron chi connectivity index (χ1n) is 11.8. The Hall–Kier alpha value is -3.04. The Morgan fingerprint density at radius 2 is 1.89 bits per heavy atom. The fourth-order valence-corrected chi connectivity index (χ4v) is 4.65. The third-order valence-electron chi connectivity index (χ3n) is 6.28. The van der Waals surface area contributed by atoms with Crippen molar-refractivity contribution in [3.05, 3.63) is 79.2 Å². The van der Waals surface area contributed by atoms with Crippen LogP contribution in [0.3, 0.4) is 0 Å². The molecule has 1 amide bonds. The number of nitrogens with one attached hydrogen (secondary N) is 1. The SMILES string of the molecule is C=CCC1(CC=C)O[C@@H](Oc2ccc(CCNC(C)=O)c(-c3cccc(F)c3)c2)[C@H](O)[C@H](O)[C@H]1OC. The maximum Gasteiger partial charge on any atom is 0.229 e. The van der Waals surface area contributed by atoms with E-state index in [4.69, 9.17) is 14.2 Å². The Labute approximate surface area is 211 Å². The molecule has 8 heteroatoms. The van der Waals surface area contributed by atoms with E-state index in [2.05, 4.69) is 18.5 Å². The summed E-state index contributed by atoms with van der Waals surface area (Å²) in [7, 11) is 1.44. The molecule has 36 heavy (non-hydrogen) atoms. The van der Waals surface area contributed by atoms with Gasteiger partial charge in [0.05, 0.1) is 0 Å². The number of hydrogen-bond donors (Lipinski definition) is 3. The summed E-state index contributed by atoms with van der Waals surface area (Å²) in [6.45, 7) is 9.44. The number of benzene rings is 2. The van der Waals surface area contributed by atoms with Crippen LogP contribution >= 0.6 is 0 Å². The van der Waals surface area contributed by atoms with E-state index in [1.807, 2.05) is 6.07 Å². The highest BCUT2D eigenvalue weighted by atomic mass is 19.1. The van der Waals surface area contributed by atoms with Crippen LogP contribution in [0.15, 0.2) is 67.8 Å². The minimum atomic E-state index is -1.39. The molecule has 2 aromatic rings. The third-order valence-corrected chi connectivity index (χ3v) is 6.28. The van der Waals surface area contributed by atoms with Crippen LogP contribution in [0, 0.1) is 5.82 Å². The van der Waals surface area contributed by atoms with E-state index in [1.165, 1.54) is 26.2 Å². The van der Waals surface area contributed by atoms with Gasteiger partial charge in [0.2, 0.25) is 12.2 Å². The molecule has 0 radical (unpaired) electrons. The topological polar surface area (TPSA) is 97.3 Å². The molecule has 0 bridgehead atoms. The summed E-state index contributed by atoms with van der Waals surface area (Å²) in [5.74, 6) is -0.165. The molecular formula is C28H34FNO6. The summed E-state index contributed by atoms with van der Waals surface area (Å²) in [4.78, 5) is 11.3. The second-order valence-electron chi connectivity index (χ2n) is 8.85. The fourth-order valence-electron chi connectivity index (χ4n) is 4.65. The van der Waals surface area contributed by atoms with Crippen LogP contribution in [0.1, 0.15) is 25.3 Å². The molecule has 1 fully saturated rings. The first-order chi connectivity index (χ1) is 17.2. The quantitative estimate of drug-likeness (QED) is 0.410. The molecule has 2 aromatic carbocycles. The lowest BCUT2D eigenvalue weighted by Gasteiger charge is -2.49. The van der Waals surface area contributed by atoms with Crippen LogP contribution in [0.4, 0.5) is 4.39 Å². The van der Waals surface area contributed by atoms with Crippen molar-refractivity contribution in [2.24, 2.45) is 0 Å². The molecule has 0 spiro atoms. The summed E-state index contributed by atoms with van der Waals surface area (Å²) in [5.41, 5.74) is 1.18. The zero-order valence-corrected chi connectivity index (χ0v) is 20.7. The van der Waals surface area contributed by atoms with Gasteiger partial charge in [0.25, 0.3) is 0 Å². The molecule has 0 aliphatic carbocycles. The van der Waals surface area contributed by atoms with Crippen LogP contribution in [0.5, 0.6) is 5.75 Å². The highest BCUT2D eigenvalue weighted by Gasteiger charge is 2.54. The van der Waals surface area contributed by atoms with Gasteiger partial charge >= 0.3 is 0 Å². The molecule has 0 saturated carbocycles. The van der Waals surface area contributed by atoms with E-state index in [0.717, 1.165) is 5.56 Å². The lowest BCUT2D eigenvalue weighted by atomic mass is 9.81. The molecule has 1 heterocycles. The molecule has 1 aliphatic rings. The highest BCUT2D eigenvalue weighted by molar-refractivity contribution is 5.73. The highest BCUT2D eigenvalue weighted by Crippen LogP contribution is 2.39. The minimum Gasteiger partial charge on any atom is -0.462 e. The van der Waals surface area contributed by atoms with Gasteiger partial charge in [0.1, 0.15) is 35.5 Å². The van der Waals surface area contributed by atoms with Gasteiger partial charge in [-0.05, 0) is 60.2 Å². The number of rotatable bonds is 11. The largest absolute Gasteiger partial charge is 0.462 e. The molecule has 3 N–H and O–H groups in total. The van der Waals surface area contributed by atoms with Gasteiger partial charge in [-0.3, -0.25) is 4.79 Å². The van der Waals surface area contributed by atoms with E-state index in [0.29, 0.717) is 42.7 Å². The smallest absolute Gasteiger partial charge is 0.229 e. The second kappa shape index (κ2) is 12.3. The fraction of sp³-hybridized carbons (Fsp3) is 0.393. The predicted octanol–water partition coefficient (Wildman–Crippen LogP) is 3.53. The van der Waals surface area contributed by atoms with Gasteiger partial charge in [0.15, 0.2) is 0 Å². The summed E-state index contributed by atoms with van der Waals surface area (Å²) >= 11 is 0. The zero-order valence-electron chi connectivity index (χ0n) is 20.7. The van der Waals surface area contributed by atoms with Gasteiger partial charge < -0.3 is 29.7 Å². The van der Waals surface area contributed by atoms with Gasteiger partial charge in [-0.15, -0.1) is 13.2 Å². The lowest BCUT2D eigenvalue weighted by Crippen LogP contribution is -2.65.